The highest BCUT2D eigenvalue weighted by Crippen LogP contribution is 2.31. The molecule has 0 saturated carbocycles. The van der Waals surface area contributed by atoms with E-state index in [1.54, 1.807) is 7.11 Å². The van der Waals surface area contributed by atoms with Crippen LogP contribution < -0.4 is 4.74 Å². The molecule has 18 heavy (non-hydrogen) atoms. The van der Waals surface area contributed by atoms with Crippen LogP contribution in [0.15, 0.2) is 22.7 Å². The van der Waals surface area contributed by atoms with Gasteiger partial charge in [0, 0.05) is 5.41 Å². The van der Waals surface area contributed by atoms with E-state index in [1.165, 1.54) is 0 Å². The summed E-state index contributed by atoms with van der Waals surface area (Å²) in [6.45, 7) is 2.06. The van der Waals surface area contributed by atoms with Crippen molar-refractivity contribution >= 4 is 15.9 Å². The van der Waals surface area contributed by atoms with E-state index in [0.717, 1.165) is 28.6 Å². The molecule has 0 radical (unpaired) electrons. The first-order valence-corrected chi connectivity index (χ1v) is 6.94. The van der Waals surface area contributed by atoms with Gasteiger partial charge < -0.3 is 14.9 Å². The lowest BCUT2D eigenvalue weighted by Crippen LogP contribution is -2.32. The van der Waals surface area contributed by atoms with Crippen molar-refractivity contribution in [3.05, 3.63) is 28.2 Å². The Morgan fingerprint density at radius 1 is 1.28 bits per heavy atom. The summed E-state index contributed by atoms with van der Waals surface area (Å²) in [6, 6.07) is 5.85. The third kappa shape index (κ3) is 3.70. The highest BCUT2D eigenvalue weighted by molar-refractivity contribution is 9.10. The van der Waals surface area contributed by atoms with E-state index in [1.807, 2.05) is 18.2 Å². The lowest BCUT2D eigenvalue weighted by molar-refractivity contribution is 0.0466. The molecule has 0 aliphatic rings. The van der Waals surface area contributed by atoms with Crippen LogP contribution in [0.4, 0.5) is 0 Å². The predicted molar refractivity (Wildman–Crippen MR) is 75.9 cm³/mol. The van der Waals surface area contributed by atoms with Gasteiger partial charge in [0.1, 0.15) is 5.75 Å². The second-order valence-electron chi connectivity index (χ2n) is 4.71. The van der Waals surface area contributed by atoms with Crippen LogP contribution in [0.25, 0.3) is 0 Å². The number of hydrogen-bond acceptors (Lipinski definition) is 3. The first-order valence-electron chi connectivity index (χ1n) is 6.15. The standard InChI is InChI=1S/C14H21BrO3/c1-3-6-14(9-16,10-17)8-11-4-5-13(18-2)12(15)7-11/h4-5,7,16-17H,3,6,8-10H2,1-2H3. The van der Waals surface area contributed by atoms with Crippen LogP contribution in [0.5, 0.6) is 5.75 Å². The van der Waals surface area contributed by atoms with Crippen molar-refractivity contribution in [3.8, 4) is 5.75 Å². The second-order valence-corrected chi connectivity index (χ2v) is 5.57. The van der Waals surface area contributed by atoms with Crippen molar-refractivity contribution in [2.24, 2.45) is 5.41 Å². The Morgan fingerprint density at radius 3 is 2.39 bits per heavy atom. The monoisotopic (exact) mass is 316 g/mol. The summed E-state index contributed by atoms with van der Waals surface area (Å²) in [7, 11) is 1.63. The number of rotatable bonds is 7. The SMILES string of the molecule is CCCC(CO)(CO)Cc1ccc(OC)c(Br)c1. The number of ether oxygens (including phenoxy) is 1. The zero-order valence-electron chi connectivity index (χ0n) is 10.9. The highest BCUT2D eigenvalue weighted by Gasteiger charge is 2.28. The minimum absolute atomic E-state index is 0.000980. The van der Waals surface area contributed by atoms with Gasteiger partial charge in [0.2, 0.25) is 0 Å². The largest absolute Gasteiger partial charge is 0.496 e. The number of benzene rings is 1. The molecule has 4 heteroatoms. The van der Waals surface area contributed by atoms with Gasteiger partial charge in [-0.25, -0.2) is 0 Å². The molecule has 3 nitrogen and oxygen atoms in total. The smallest absolute Gasteiger partial charge is 0.133 e. The molecule has 1 aromatic carbocycles. The molecule has 2 N–H and O–H groups in total. The van der Waals surface area contributed by atoms with E-state index in [2.05, 4.69) is 22.9 Å². The molecule has 0 heterocycles. The molecule has 0 spiro atoms. The van der Waals surface area contributed by atoms with E-state index >= 15 is 0 Å². The Morgan fingerprint density at radius 2 is 1.94 bits per heavy atom. The molecule has 102 valence electrons. The van der Waals surface area contributed by atoms with E-state index in [-0.39, 0.29) is 13.2 Å². The predicted octanol–water partition coefficient (Wildman–Crippen LogP) is 2.77. The van der Waals surface area contributed by atoms with Crippen LogP contribution in [0.1, 0.15) is 25.3 Å². The van der Waals surface area contributed by atoms with Crippen molar-refractivity contribution in [1.82, 2.24) is 0 Å². The van der Waals surface area contributed by atoms with Crippen molar-refractivity contribution in [2.45, 2.75) is 26.2 Å². The minimum Gasteiger partial charge on any atom is -0.496 e. The molecule has 1 aromatic rings. The third-order valence-electron chi connectivity index (χ3n) is 3.25. The fourth-order valence-electron chi connectivity index (χ4n) is 2.19. The molecule has 0 aliphatic carbocycles. The van der Waals surface area contributed by atoms with Gasteiger partial charge in [0.25, 0.3) is 0 Å². The Kier molecular flexibility index (Phi) is 6.12. The molecule has 0 fully saturated rings. The van der Waals surface area contributed by atoms with Crippen LogP contribution in [-0.4, -0.2) is 30.5 Å². The molecule has 0 aliphatic heterocycles. The Labute approximate surface area is 117 Å². The molecule has 0 atom stereocenters. The van der Waals surface area contributed by atoms with Gasteiger partial charge in [-0.2, -0.15) is 0 Å². The minimum atomic E-state index is -0.428. The molecule has 0 amide bonds. The lowest BCUT2D eigenvalue weighted by Gasteiger charge is -2.29. The summed E-state index contributed by atoms with van der Waals surface area (Å²) in [6.07, 6.45) is 2.42. The number of aliphatic hydroxyl groups is 2. The van der Waals surface area contributed by atoms with Gasteiger partial charge in [0.05, 0.1) is 24.8 Å². The molecule has 0 bridgehead atoms. The van der Waals surface area contributed by atoms with Crippen LogP contribution in [-0.2, 0) is 6.42 Å². The Bertz CT molecular complexity index is 375. The molecule has 0 saturated heterocycles. The van der Waals surface area contributed by atoms with Gasteiger partial charge in [-0.1, -0.05) is 19.4 Å². The van der Waals surface area contributed by atoms with E-state index in [4.69, 9.17) is 4.74 Å². The van der Waals surface area contributed by atoms with E-state index in [9.17, 15) is 10.2 Å². The first kappa shape index (κ1) is 15.5. The summed E-state index contributed by atoms with van der Waals surface area (Å²) in [5.74, 6) is 0.785. The summed E-state index contributed by atoms with van der Waals surface area (Å²) < 4.78 is 6.08. The van der Waals surface area contributed by atoms with Gasteiger partial charge in [-0.15, -0.1) is 0 Å². The van der Waals surface area contributed by atoms with Crippen molar-refractivity contribution in [3.63, 3.8) is 0 Å². The molecule has 0 aromatic heterocycles. The maximum absolute atomic E-state index is 9.54. The van der Waals surface area contributed by atoms with Crippen LogP contribution >= 0.6 is 15.9 Å². The zero-order chi connectivity index (χ0) is 13.6. The summed E-state index contributed by atoms with van der Waals surface area (Å²) in [5.41, 5.74) is 0.655. The van der Waals surface area contributed by atoms with Gasteiger partial charge in [0.15, 0.2) is 0 Å². The number of halogens is 1. The van der Waals surface area contributed by atoms with Crippen LogP contribution in [0.2, 0.25) is 0 Å². The van der Waals surface area contributed by atoms with Crippen molar-refractivity contribution in [2.75, 3.05) is 20.3 Å². The third-order valence-corrected chi connectivity index (χ3v) is 3.87. The maximum atomic E-state index is 9.54. The van der Waals surface area contributed by atoms with Crippen molar-refractivity contribution in [1.29, 1.82) is 0 Å². The average Bonchev–Trinajstić information content (AvgIpc) is 2.38. The normalized spacial score (nSPS) is 11.6. The maximum Gasteiger partial charge on any atom is 0.133 e. The van der Waals surface area contributed by atoms with Crippen LogP contribution in [0.3, 0.4) is 0 Å². The summed E-state index contributed by atoms with van der Waals surface area (Å²) >= 11 is 3.45. The summed E-state index contributed by atoms with van der Waals surface area (Å²) in [4.78, 5) is 0. The number of methoxy groups -OCH3 is 1. The average molecular weight is 317 g/mol. The topological polar surface area (TPSA) is 49.7 Å². The van der Waals surface area contributed by atoms with E-state index in [0.29, 0.717) is 6.42 Å². The first-order chi connectivity index (χ1) is 8.60. The van der Waals surface area contributed by atoms with Gasteiger partial charge in [-0.3, -0.25) is 0 Å². The van der Waals surface area contributed by atoms with Gasteiger partial charge in [-0.05, 0) is 46.5 Å². The Hall–Kier alpha value is -0.580. The number of aliphatic hydroxyl groups excluding tert-OH is 2. The Balaban J connectivity index is 2.90. The lowest BCUT2D eigenvalue weighted by atomic mass is 9.79. The fourth-order valence-corrected chi connectivity index (χ4v) is 2.78. The molecule has 1 rings (SSSR count). The number of hydrogen-bond donors (Lipinski definition) is 2. The van der Waals surface area contributed by atoms with Crippen molar-refractivity contribution < 1.29 is 14.9 Å². The molecular formula is C14H21BrO3. The van der Waals surface area contributed by atoms with Crippen LogP contribution in [0, 0.1) is 5.41 Å². The summed E-state index contributed by atoms with van der Waals surface area (Å²) in [5, 5.41) is 19.1. The highest BCUT2D eigenvalue weighted by atomic mass is 79.9. The van der Waals surface area contributed by atoms with E-state index < -0.39 is 5.41 Å². The zero-order valence-corrected chi connectivity index (χ0v) is 12.5. The quantitative estimate of drug-likeness (QED) is 0.813. The molecule has 0 unspecified atom stereocenters. The van der Waals surface area contributed by atoms with Gasteiger partial charge >= 0.3 is 0 Å². The molecular weight excluding hydrogens is 296 g/mol. The fraction of sp³-hybridized carbons (Fsp3) is 0.571. The second kappa shape index (κ2) is 7.12.